The molecule has 6 heteroatoms. The van der Waals surface area contributed by atoms with E-state index in [9.17, 15) is 9.18 Å². The SMILES string of the molecule is CN1CCCc2nc3cc(C#Cc4cccc(F)c4)ccc3c(=O)n2CC1.Cl. The minimum Gasteiger partial charge on any atom is -0.305 e. The number of rotatable bonds is 0. The van der Waals surface area contributed by atoms with Gasteiger partial charge < -0.3 is 4.90 Å². The van der Waals surface area contributed by atoms with E-state index in [1.165, 1.54) is 12.1 Å². The third-order valence-corrected chi connectivity index (χ3v) is 4.86. The first-order valence-corrected chi connectivity index (χ1v) is 9.10. The molecule has 144 valence electrons. The van der Waals surface area contributed by atoms with Gasteiger partial charge in [-0.05, 0) is 56.4 Å². The van der Waals surface area contributed by atoms with Crippen LogP contribution >= 0.6 is 12.4 Å². The molecule has 1 aromatic heterocycles. The summed E-state index contributed by atoms with van der Waals surface area (Å²) >= 11 is 0. The van der Waals surface area contributed by atoms with Crippen LogP contribution in [0, 0.1) is 17.7 Å². The summed E-state index contributed by atoms with van der Waals surface area (Å²) < 4.78 is 15.1. The zero-order chi connectivity index (χ0) is 18.8. The molecule has 0 saturated carbocycles. The molecule has 3 aromatic rings. The molecule has 0 N–H and O–H groups in total. The van der Waals surface area contributed by atoms with Crippen molar-refractivity contribution in [2.24, 2.45) is 0 Å². The van der Waals surface area contributed by atoms with Crippen molar-refractivity contribution < 1.29 is 4.39 Å². The van der Waals surface area contributed by atoms with E-state index in [-0.39, 0.29) is 23.8 Å². The Morgan fingerprint density at radius 2 is 1.82 bits per heavy atom. The number of nitrogens with zero attached hydrogens (tertiary/aromatic N) is 3. The highest BCUT2D eigenvalue weighted by atomic mass is 35.5. The van der Waals surface area contributed by atoms with Crippen molar-refractivity contribution in [1.29, 1.82) is 0 Å². The lowest BCUT2D eigenvalue weighted by Gasteiger charge is -2.22. The van der Waals surface area contributed by atoms with Crippen LogP contribution in [0.15, 0.2) is 47.3 Å². The van der Waals surface area contributed by atoms with Crippen LogP contribution in [-0.4, -0.2) is 34.6 Å². The Kier molecular flexibility index (Phi) is 6.13. The number of aromatic nitrogens is 2. The van der Waals surface area contributed by atoms with Crippen LogP contribution in [0.25, 0.3) is 10.9 Å². The van der Waals surface area contributed by atoms with Crippen LogP contribution in [0.1, 0.15) is 23.4 Å². The second-order valence-electron chi connectivity index (χ2n) is 6.88. The van der Waals surface area contributed by atoms with Gasteiger partial charge in [0, 0.05) is 30.6 Å². The first-order valence-electron chi connectivity index (χ1n) is 9.10. The lowest BCUT2D eigenvalue weighted by Crippen LogP contribution is -2.34. The van der Waals surface area contributed by atoms with Crippen molar-refractivity contribution in [3.8, 4) is 11.8 Å². The smallest absolute Gasteiger partial charge is 0.261 e. The molecule has 0 spiro atoms. The summed E-state index contributed by atoms with van der Waals surface area (Å²) in [6, 6.07) is 11.6. The Morgan fingerprint density at radius 3 is 2.61 bits per heavy atom. The van der Waals surface area contributed by atoms with Gasteiger partial charge in [0.2, 0.25) is 0 Å². The predicted octanol–water partition coefficient (Wildman–Crippen LogP) is 3.24. The normalized spacial score (nSPS) is 14.2. The molecule has 1 aliphatic rings. The molecule has 0 atom stereocenters. The molecule has 1 aliphatic heterocycles. The fraction of sp³-hybridized carbons (Fsp3) is 0.273. The highest BCUT2D eigenvalue weighted by molar-refractivity contribution is 5.85. The maximum absolute atomic E-state index is 13.3. The van der Waals surface area contributed by atoms with Crippen molar-refractivity contribution >= 4 is 23.3 Å². The molecule has 28 heavy (non-hydrogen) atoms. The molecule has 4 rings (SSSR count). The van der Waals surface area contributed by atoms with Crippen LogP contribution in [-0.2, 0) is 13.0 Å². The number of hydrogen-bond acceptors (Lipinski definition) is 3. The highest BCUT2D eigenvalue weighted by Gasteiger charge is 2.14. The quantitative estimate of drug-likeness (QED) is 0.547. The lowest BCUT2D eigenvalue weighted by atomic mass is 10.1. The van der Waals surface area contributed by atoms with Crippen molar-refractivity contribution in [1.82, 2.24) is 14.5 Å². The Labute approximate surface area is 169 Å². The van der Waals surface area contributed by atoms with E-state index in [0.29, 0.717) is 23.0 Å². The molecule has 0 fully saturated rings. The van der Waals surface area contributed by atoms with Gasteiger partial charge in [0.15, 0.2) is 0 Å². The lowest BCUT2D eigenvalue weighted by molar-refractivity contribution is 0.295. The minimum atomic E-state index is -0.306. The highest BCUT2D eigenvalue weighted by Crippen LogP contribution is 2.14. The molecule has 0 unspecified atom stereocenters. The van der Waals surface area contributed by atoms with E-state index < -0.39 is 0 Å². The zero-order valence-corrected chi connectivity index (χ0v) is 16.4. The summed E-state index contributed by atoms with van der Waals surface area (Å²) in [4.78, 5) is 19.9. The first kappa shape index (κ1) is 20.1. The van der Waals surface area contributed by atoms with Crippen molar-refractivity contribution in [3.05, 3.63) is 75.6 Å². The van der Waals surface area contributed by atoms with E-state index in [4.69, 9.17) is 4.98 Å². The second-order valence-corrected chi connectivity index (χ2v) is 6.88. The average Bonchev–Trinajstić information content (AvgIpc) is 2.64. The number of hydrogen-bond donors (Lipinski definition) is 0. The molecular formula is C22H21ClFN3O. The third-order valence-electron chi connectivity index (χ3n) is 4.86. The molecule has 4 nitrogen and oxygen atoms in total. The Bertz CT molecular complexity index is 1130. The van der Waals surface area contributed by atoms with E-state index in [0.717, 1.165) is 37.3 Å². The van der Waals surface area contributed by atoms with Crippen molar-refractivity contribution in [3.63, 3.8) is 0 Å². The Balaban J connectivity index is 0.00000225. The van der Waals surface area contributed by atoms with E-state index in [1.54, 1.807) is 22.8 Å². The molecular weight excluding hydrogens is 377 g/mol. The van der Waals surface area contributed by atoms with Crippen LogP contribution in [0.2, 0.25) is 0 Å². The van der Waals surface area contributed by atoms with Crippen LogP contribution in [0.3, 0.4) is 0 Å². The summed E-state index contributed by atoms with van der Waals surface area (Å²) in [6.45, 7) is 2.51. The third kappa shape index (κ3) is 4.24. The van der Waals surface area contributed by atoms with E-state index in [1.807, 2.05) is 12.1 Å². The summed E-state index contributed by atoms with van der Waals surface area (Å²) in [5.41, 5.74) is 2.06. The van der Waals surface area contributed by atoms with Gasteiger partial charge in [-0.1, -0.05) is 17.9 Å². The maximum atomic E-state index is 13.3. The molecule has 2 heterocycles. The second kappa shape index (κ2) is 8.55. The van der Waals surface area contributed by atoms with Crippen molar-refractivity contribution in [2.45, 2.75) is 19.4 Å². The molecule has 0 amide bonds. The Hall–Kier alpha value is -2.68. The fourth-order valence-electron chi connectivity index (χ4n) is 3.37. The van der Waals surface area contributed by atoms with Gasteiger partial charge in [-0.3, -0.25) is 9.36 Å². The van der Waals surface area contributed by atoms with Gasteiger partial charge in [-0.15, -0.1) is 12.4 Å². The maximum Gasteiger partial charge on any atom is 0.261 e. The Morgan fingerprint density at radius 1 is 1.04 bits per heavy atom. The van der Waals surface area contributed by atoms with Crippen LogP contribution in [0.4, 0.5) is 4.39 Å². The number of fused-ring (bicyclic) bond motifs is 2. The minimum absolute atomic E-state index is 0. The predicted molar refractivity (Wildman–Crippen MR) is 111 cm³/mol. The van der Waals surface area contributed by atoms with Gasteiger partial charge in [-0.25, -0.2) is 9.37 Å². The average molecular weight is 398 g/mol. The summed E-state index contributed by atoms with van der Waals surface area (Å²) in [5, 5.41) is 0.610. The molecule has 0 radical (unpaired) electrons. The number of halogens is 2. The topological polar surface area (TPSA) is 38.1 Å². The fourth-order valence-corrected chi connectivity index (χ4v) is 3.37. The standard InChI is InChI=1S/C22H20FN3O.ClH/c1-25-11-3-6-21-24-20-15-17(8-7-16-4-2-5-18(23)14-16)9-10-19(20)22(27)26(21)13-12-25;/h2,4-5,9-10,14-15H,3,6,11-13H2,1H3;1H. The number of benzene rings is 2. The van der Waals surface area contributed by atoms with E-state index in [2.05, 4.69) is 23.8 Å². The van der Waals surface area contributed by atoms with Gasteiger partial charge in [0.1, 0.15) is 11.6 Å². The molecule has 0 saturated heterocycles. The monoisotopic (exact) mass is 397 g/mol. The van der Waals surface area contributed by atoms with Crippen molar-refractivity contribution in [2.75, 3.05) is 20.1 Å². The largest absolute Gasteiger partial charge is 0.305 e. The summed E-state index contributed by atoms with van der Waals surface area (Å²) in [6.07, 6.45) is 1.77. The van der Waals surface area contributed by atoms with Gasteiger partial charge in [0.25, 0.3) is 5.56 Å². The van der Waals surface area contributed by atoms with E-state index >= 15 is 0 Å². The van der Waals surface area contributed by atoms with Gasteiger partial charge in [-0.2, -0.15) is 0 Å². The summed E-state index contributed by atoms with van der Waals surface area (Å²) in [7, 11) is 2.08. The van der Waals surface area contributed by atoms with Crippen LogP contribution < -0.4 is 5.56 Å². The number of aryl methyl sites for hydroxylation is 1. The zero-order valence-electron chi connectivity index (χ0n) is 15.6. The summed E-state index contributed by atoms with van der Waals surface area (Å²) in [5.74, 6) is 6.53. The molecule has 0 bridgehead atoms. The van der Waals surface area contributed by atoms with Crippen LogP contribution in [0.5, 0.6) is 0 Å². The molecule has 2 aromatic carbocycles. The number of likely N-dealkylation sites (N-methyl/N-ethyl adjacent to an activating group) is 1. The van der Waals surface area contributed by atoms with Gasteiger partial charge >= 0.3 is 0 Å². The van der Waals surface area contributed by atoms with Gasteiger partial charge in [0.05, 0.1) is 10.9 Å². The molecule has 0 aliphatic carbocycles. The first-order chi connectivity index (χ1) is 13.1.